The zero-order valence-electron chi connectivity index (χ0n) is 13.2. The molecule has 0 spiro atoms. The van der Waals surface area contributed by atoms with E-state index in [1.54, 1.807) is 7.11 Å². The molecule has 1 aliphatic rings. The van der Waals surface area contributed by atoms with E-state index in [-0.39, 0.29) is 0 Å². The van der Waals surface area contributed by atoms with E-state index in [2.05, 4.69) is 24.8 Å². The monoisotopic (exact) mass is 295 g/mol. The van der Waals surface area contributed by atoms with Crippen molar-refractivity contribution in [2.75, 3.05) is 18.6 Å². The minimum absolute atomic E-state index is 0.490. The molecule has 1 saturated heterocycles. The zero-order chi connectivity index (χ0) is 15.7. The van der Waals surface area contributed by atoms with E-state index >= 15 is 0 Å². The van der Waals surface area contributed by atoms with E-state index in [1.807, 2.05) is 47.3 Å². The molecule has 1 fully saturated rings. The Balaban J connectivity index is 1.85. The molecular formula is C18H21N3O. The molecule has 114 valence electrons. The first kappa shape index (κ1) is 14.4. The highest BCUT2D eigenvalue weighted by molar-refractivity contribution is 5.74. The Morgan fingerprint density at radius 1 is 1.27 bits per heavy atom. The van der Waals surface area contributed by atoms with E-state index in [1.165, 1.54) is 0 Å². The number of aromatic nitrogens is 1. The van der Waals surface area contributed by atoms with Crippen LogP contribution in [0.4, 0.5) is 5.69 Å². The first-order chi connectivity index (χ1) is 10.6. The Morgan fingerprint density at radius 3 is 2.50 bits per heavy atom. The van der Waals surface area contributed by atoms with Crippen LogP contribution >= 0.6 is 0 Å². The molecule has 1 aromatic heterocycles. The molecule has 3 rings (SSSR count). The van der Waals surface area contributed by atoms with Crippen LogP contribution in [0.15, 0.2) is 42.6 Å². The first-order valence-electron chi connectivity index (χ1n) is 7.45. The van der Waals surface area contributed by atoms with Gasteiger partial charge < -0.3 is 14.2 Å². The second-order valence-electron chi connectivity index (χ2n) is 5.72. The Labute approximate surface area is 130 Å². The van der Waals surface area contributed by atoms with E-state index in [4.69, 9.17) is 10.1 Å². The lowest BCUT2D eigenvalue weighted by molar-refractivity contribution is 0.415. The molecule has 0 amide bonds. The number of benzene rings is 1. The molecule has 0 aliphatic carbocycles. The molecule has 1 unspecified atom stereocenters. The van der Waals surface area contributed by atoms with E-state index in [0.29, 0.717) is 11.5 Å². The van der Waals surface area contributed by atoms with E-state index < -0.39 is 0 Å². The summed E-state index contributed by atoms with van der Waals surface area (Å²) in [7, 11) is 1.66. The SMILES string of the molecule is COc1ccc(/C(C)=C/n2ccc(N3CC3C)cc2=N)cc1. The lowest BCUT2D eigenvalue weighted by Crippen LogP contribution is -2.15. The lowest BCUT2D eigenvalue weighted by atomic mass is 10.1. The molecule has 1 aliphatic heterocycles. The van der Waals surface area contributed by atoms with Gasteiger partial charge in [-0.3, -0.25) is 5.41 Å². The van der Waals surface area contributed by atoms with Crippen molar-refractivity contribution in [3.8, 4) is 5.75 Å². The zero-order valence-corrected chi connectivity index (χ0v) is 13.2. The summed E-state index contributed by atoms with van der Waals surface area (Å²) in [6.07, 6.45) is 3.94. The Bertz CT molecular complexity index is 759. The van der Waals surface area contributed by atoms with Crippen molar-refractivity contribution in [3.05, 3.63) is 53.6 Å². The van der Waals surface area contributed by atoms with Gasteiger partial charge in [-0.1, -0.05) is 12.1 Å². The second kappa shape index (κ2) is 5.72. The summed E-state index contributed by atoms with van der Waals surface area (Å²) in [5, 5.41) is 8.19. The van der Waals surface area contributed by atoms with Crippen molar-refractivity contribution in [2.45, 2.75) is 19.9 Å². The van der Waals surface area contributed by atoms with Crippen LogP contribution in [0.2, 0.25) is 0 Å². The van der Waals surface area contributed by atoms with Gasteiger partial charge >= 0.3 is 0 Å². The molecular weight excluding hydrogens is 274 g/mol. The van der Waals surface area contributed by atoms with Crippen LogP contribution in [-0.2, 0) is 0 Å². The largest absolute Gasteiger partial charge is 0.497 e. The Hall–Kier alpha value is -2.49. The van der Waals surface area contributed by atoms with Crippen molar-refractivity contribution < 1.29 is 4.74 Å². The maximum Gasteiger partial charge on any atom is 0.130 e. The van der Waals surface area contributed by atoms with Crippen LogP contribution in [0, 0.1) is 5.41 Å². The van der Waals surface area contributed by atoms with Crippen molar-refractivity contribution in [3.63, 3.8) is 0 Å². The van der Waals surface area contributed by atoms with Crippen LogP contribution in [0.5, 0.6) is 5.75 Å². The fraction of sp³-hybridized carbons (Fsp3) is 0.278. The molecule has 1 atom stereocenters. The highest BCUT2D eigenvalue weighted by Crippen LogP contribution is 2.25. The number of pyridine rings is 1. The number of ether oxygens (including phenoxy) is 1. The summed E-state index contributed by atoms with van der Waals surface area (Å²) in [6, 6.07) is 12.5. The van der Waals surface area contributed by atoms with Gasteiger partial charge in [0.15, 0.2) is 0 Å². The normalized spacial score (nSPS) is 17.5. The van der Waals surface area contributed by atoms with Gasteiger partial charge in [0.2, 0.25) is 0 Å². The van der Waals surface area contributed by atoms with Gasteiger partial charge in [-0.25, -0.2) is 0 Å². The number of nitrogens with one attached hydrogen (secondary N) is 1. The van der Waals surface area contributed by atoms with Crippen molar-refractivity contribution >= 4 is 17.5 Å². The molecule has 0 bridgehead atoms. The minimum atomic E-state index is 0.490. The van der Waals surface area contributed by atoms with Crippen molar-refractivity contribution in [1.29, 1.82) is 5.41 Å². The van der Waals surface area contributed by atoms with E-state index in [0.717, 1.165) is 29.1 Å². The molecule has 4 heteroatoms. The molecule has 0 saturated carbocycles. The molecule has 1 N–H and O–H groups in total. The summed E-state index contributed by atoms with van der Waals surface area (Å²) in [5.74, 6) is 0.849. The number of allylic oxidation sites excluding steroid dienone is 1. The highest BCUT2D eigenvalue weighted by Gasteiger charge is 2.28. The van der Waals surface area contributed by atoms with Gasteiger partial charge in [0.1, 0.15) is 11.2 Å². The van der Waals surface area contributed by atoms with Gasteiger partial charge in [-0.05, 0) is 43.2 Å². The fourth-order valence-corrected chi connectivity index (χ4v) is 2.53. The van der Waals surface area contributed by atoms with Crippen LogP contribution in [0.3, 0.4) is 0 Å². The summed E-state index contributed by atoms with van der Waals surface area (Å²) < 4.78 is 7.02. The van der Waals surface area contributed by atoms with Crippen molar-refractivity contribution in [1.82, 2.24) is 4.57 Å². The Morgan fingerprint density at radius 2 is 1.95 bits per heavy atom. The van der Waals surface area contributed by atoms with Gasteiger partial charge in [0, 0.05) is 36.7 Å². The summed E-state index contributed by atoms with van der Waals surface area (Å²) in [5.41, 5.74) is 3.85. The molecule has 2 aromatic rings. The second-order valence-corrected chi connectivity index (χ2v) is 5.72. The number of hydrogen-bond donors (Lipinski definition) is 1. The van der Waals surface area contributed by atoms with Gasteiger partial charge in [0.05, 0.1) is 7.11 Å². The average Bonchev–Trinajstić information content (AvgIpc) is 3.26. The molecule has 2 heterocycles. The summed E-state index contributed by atoms with van der Waals surface area (Å²) in [6.45, 7) is 5.33. The number of methoxy groups -OCH3 is 1. The predicted molar refractivity (Wildman–Crippen MR) is 89.9 cm³/mol. The molecule has 1 aromatic carbocycles. The topological polar surface area (TPSA) is 41.0 Å². The maximum absolute atomic E-state index is 8.19. The summed E-state index contributed by atoms with van der Waals surface area (Å²) in [4.78, 5) is 2.28. The highest BCUT2D eigenvalue weighted by atomic mass is 16.5. The third-order valence-electron chi connectivity index (χ3n) is 4.04. The Kier molecular flexibility index (Phi) is 3.75. The lowest BCUT2D eigenvalue weighted by Gasteiger charge is -2.08. The maximum atomic E-state index is 8.19. The van der Waals surface area contributed by atoms with Gasteiger partial charge in [-0.2, -0.15) is 0 Å². The van der Waals surface area contributed by atoms with Crippen LogP contribution < -0.4 is 15.1 Å². The number of hydrogen-bond acceptors (Lipinski definition) is 3. The fourth-order valence-electron chi connectivity index (χ4n) is 2.53. The van der Waals surface area contributed by atoms with E-state index in [9.17, 15) is 0 Å². The molecule has 4 nitrogen and oxygen atoms in total. The average molecular weight is 295 g/mol. The van der Waals surface area contributed by atoms with Gasteiger partial charge in [0.25, 0.3) is 0 Å². The minimum Gasteiger partial charge on any atom is -0.497 e. The van der Waals surface area contributed by atoms with Crippen LogP contribution in [-0.4, -0.2) is 24.3 Å². The number of rotatable bonds is 4. The summed E-state index contributed by atoms with van der Waals surface area (Å²) >= 11 is 0. The molecule has 0 radical (unpaired) electrons. The standard InChI is InChI=1S/C18H21N3O/c1-13(15-4-6-17(22-3)7-5-15)11-20-9-8-16(10-18(20)19)21-12-14(21)2/h4-11,14,19H,12H2,1-3H3/b13-11+,19-18?. The van der Waals surface area contributed by atoms with Crippen molar-refractivity contribution in [2.24, 2.45) is 0 Å². The predicted octanol–water partition coefficient (Wildman–Crippen LogP) is 3.20. The quantitative estimate of drug-likeness (QED) is 0.880. The number of anilines is 1. The van der Waals surface area contributed by atoms with Crippen LogP contribution in [0.1, 0.15) is 19.4 Å². The molecule has 22 heavy (non-hydrogen) atoms. The number of nitrogens with zero attached hydrogens (tertiary/aromatic N) is 2. The van der Waals surface area contributed by atoms with Crippen LogP contribution in [0.25, 0.3) is 11.8 Å². The third kappa shape index (κ3) is 2.91. The smallest absolute Gasteiger partial charge is 0.130 e. The third-order valence-corrected chi connectivity index (χ3v) is 4.04. The van der Waals surface area contributed by atoms with Gasteiger partial charge in [-0.15, -0.1) is 0 Å². The first-order valence-corrected chi connectivity index (χ1v) is 7.45.